The standard InChI is InChI=1S/C14H17N3O4/c1-9-15-14(21-17-9)12(10-2-5-19-6-3-10)16-13(18)11-4-7-20-8-11/h4,7-8,10,12H,2-3,5-6H2,1H3,(H,16,18)/t12-/m0/s1. The van der Waals surface area contributed by atoms with Gasteiger partial charge in [-0.2, -0.15) is 4.98 Å². The molecule has 0 unspecified atom stereocenters. The number of nitrogens with one attached hydrogen (secondary N) is 1. The molecule has 0 bridgehead atoms. The third-order valence-corrected chi connectivity index (χ3v) is 3.62. The molecule has 0 radical (unpaired) electrons. The second-order valence-corrected chi connectivity index (χ2v) is 5.09. The molecule has 1 atom stereocenters. The van der Waals surface area contributed by atoms with Crippen LogP contribution in [0, 0.1) is 12.8 Å². The predicted molar refractivity (Wildman–Crippen MR) is 71.5 cm³/mol. The third-order valence-electron chi connectivity index (χ3n) is 3.62. The lowest BCUT2D eigenvalue weighted by Gasteiger charge is -2.28. The zero-order valence-corrected chi connectivity index (χ0v) is 11.7. The fraction of sp³-hybridized carbons (Fsp3) is 0.500. The van der Waals surface area contributed by atoms with Crippen LogP contribution in [0.25, 0.3) is 0 Å². The van der Waals surface area contributed by atoms with Crippen LogP contribution in [0.1, 0.15) is 41.0 Å². The van der Waals surface area contributed by atoms with E-state index in [1.54, 1.807) is 13.0 Å². The maximum Gasteiger partial charge on any atom is 0.255 e. The number of furan rings is 1. The Morgan fingerprint density at radius 1 is 1.43 bits per heavy atom. The number of carbonyl (C=O) groups is 1. The Morgan fingerprint density at radius 2 is 2.24 bits per heavy atom. The minimum Gasteiger partial charge on any atom is -0.472 e. The van der Waals surface area contributed by atoms with E-state index in [2.05, 4.69) is 15.5 Å². The summed E-state index contributed by atoms with van der Waals surface area (Å²) in [5, 5.41) is 6.78. The topological polar surface area (TPSA) is 90.4 Å². The summed E-state index contributed by atoms with van der Waals surface area (Å²) in [4.78, 5) is 16.5. The highest BCUT2D eigenvalue weighted by Gasteiger charge is 2.31. The number of ether oxygens (including phenoxy) is 1. The normalized spacial score (nSPS) is 17.6. The molecular formula is C14H17N3O4. The van der Waals surface area contributed by atoms with Gasteiger partial charge in [-0.05, 0) is 31.7 Å². The van der Waals surface area contributed by atoms with Crippen LogP contribution >= 0.6 is 0 Å². The van der Waals surface area contributed by atoms with Gasteiger partial charge in [-0.15, -0.1) is 0 Å². The van der Waals surface area contributed by atoms with Crippen molar-refractivity contribution in [2.75, 3.05) is 13.2 Å². The lowest BCUT2D eigenvalue weighted by Crippen LogP contribution is -2.36. The van der Waals surface area contributed by atoms with Gasteiger partial charge in [0.2, 0.25) is 5.89 Å². The van der Waals surface area contributed by atoms with Crippen molar-refractivity contribution in [1.29, 1.82) is 0 Å². The van der Waals surface area contributed by atoms with Crippen LogP contribution in [0.2, 0.25) is 0 Å². The van der Waals surface area contributed by atoms with Crippen LogP contribution in [0.4, 0.5) is 0 Å². The Morgan fingerprint density at radius 3 is 2.86 bits per heavy atom. The largest absolute Gasteiger partial charge is 0.472 e. The Bertz CT molecular complexity index is 587. The molecule has 3 heterocycles. The van der Waals surface area contributed by atoms with Gasteiger partial charge in [0.15, 0.2) is 5.82 Å². The molecule has 1 aliphatic heterocycles. The first-order valence-electron chi connectivity index (χ1n) is 6.95. The molecule has 21 heavy (non-hydrogen) atoms. The molecule has 0 aromatic carbocycles. The van der Waals surface area contributed by atoms with Gasteiger partial charge < -0.3 is 19.0 Å². The van der Waals surface area contributed by atoms with Crippen molar-refractivity contribution < 1.29 is 18.5 Å². The number of aryl methyl sites for hydroxylation is 1. The fourth-order valence-electron chi connectivity index (χ4n) is 2.49. The number of hydrogen-bond acceptors (Lipinski definition) is 6. The Kier molecular flexibility index (Phi) is 4.01. The van der Waals surface area contributed by atoms with Crippen LogP contribution in [0.5, 0.6) is 0 Å². The third kappa shape index (κ3) is 3.13. The van der Waals surface area contributed by atoms with Crippen LogP contribution in [0.3, 0.4) is 0 Å². The number of amides is 1. The highest BCUT2D eigenvalue weighted by atomic mass is 16.5. The van der Waals surface area contributed by atoms with Gasteiger partial charge in [0.1, 0.15) is 12.3 Å². The van der Waals surface area contributed by atoms with E-state index >= 15 is 0 Å². The second kappa shape index (κ2) is 6.09. The van der Waals surface area contributed by atoms with Crippen LogP contribution in [0.15, 0.2) is 27.5 Å². The molecule has 1 N–H and O–H groups in total. The average molecular weight is 291 g/mol. The van der Waals surface area contributed by atoms with Crippen molar-refractivity contribution >= 4 is 5.91 Å². The minimum atomic E-state index is -0.308. The summed E-state index contributed by atoms with van der Waals surface area (Å²) < 4.78 is 15.6. The number of carbonyl (C=O) groups excluding carboxylic acids is 1. The van der Waals surface area contributed by atoms with Gasteiger partial charge in [-0.3, -0.25) is 4.79 Å². The number of hydrogen-bond donors (Lipinski definition) is 1. The van der Waals surface area contributed by atoms with Gasteiger partial charge in [0, 0.05) is 13.2 Å². The number of rotatable bonds is 4. The van der Waals surface area contributed by atoms with Gasteiger partial charge >= 0.3 is 0 Å². The van der Waals surface area contributed by atoms with E-state index in [9.17, 15) is 4.79 Å². The molecule has 7 heteroatoms. The monoisotopic (exact) mass is 291 g/mol. The average Bonchev–Trinajstić information content (AvgIpc) is 3.17. The number of nitrogens with zero attached hydrogens (tertiary/aromatic N) is 2. The van der Waals surface area contributed by atoms with Gasteiger partial charge in [0.05, 0.1) is 11.8 Å². The van der Waals surface area contributed by atoms with Gasteiger partial charge in [0.25, 0.3) is 5.91 Å². The fourth-order valence-corrected chi connectivity index (χ4v) is 2.49. The molecule has 0 aliphatic carbocycles. The van der Waals surface area contributed by atoms with E-state index < -0.39 is 0 Å². The first kappa shape index (κ1) is 13.8. The summed E-state index contributed by atoms with van der Waals surface area (Å²) in [6.07, 6.45) is 4.57. The minimum absolute atomic E-state index is 0.212. The zero-order valence-electron chi connectivity index (χ0n) is 11.7. The predicted octanol–water partition coefficient (Wildman–Crippen LogP) is 1.87. The van der Waals surface area contributed by atoms with E-state index in [0.29, 0.717) is 30.5 Å². The molecule has 1 saturated heterocycles. The maximum absolute atomic E-state index is 12.2. The Labute approximate surface area is 121 Å². The molecule has 0 saturated carbocycles. The maximum atomic E-state index is 12.2. The highest BCUT2D eigenvalue weighted by molar-refractivity contribution is 5.93. The molecule has 2 aromatic heterocycles. The highest BCUT2D eigenvalue weighted by Crippen LogP contribution is 2.29. The molecule has 0 spiro atoms. The zero-order chi connectivity index (χ0) is 14.7. The van der Waals surface area contributed by atoms with Crippen molar-refractivity contribution in [1.82, 2.24) is 15.5 Å². The van der Waals surface area contributed by atoms with E-state index in [4.69, 9.17) is 13.7 Å². The molecule has 1 aliphatic rings. The van der Waals surface area contributed by atoms with Gasteiger partial charge in [-0.1, -0.05) is 5.16 Å². The van der Waals surface area contributed by atoms with Crippen molar-refractivity contribution in [3.8, 4) is 0 Å². The van der Waals surface area contributed by atoms with Crippen molar-refractivity contribution in [3.63, 3.8) is 0 Å². The first-order valence-corrected chi connectivity index (χ1v) is 6.95. The van der Waals surface area contributed by atoms with Crippen molar-refractivity contribution in [2.24, 2.45) is 5.92 Å². The lowest BCUT2D eigenvalue weighted by molar-refractivity contribution is 0.0467. The van der Waals surface area contributed by atoms with E-state index in [-0.39, 0.29) is 17.9 Å². The van der Waals surface area contributed by atoms with Crippen LogP contribution in [-0.2, 0) is 4.74 Å². The summed E-state index contributed by atoms with van der Waals surface area (Å²) in [7, 11) is 0. The summed E-state index contributed by atoms with van der Waals surface area (Å²) in [5.74, 6) is 1.00. The second-order valence-electron chi connectivity index (χ2n) is 5.09. The summed E-state index contributed by atoms with van der Waals surface area (Å²) in [6, 6.07) is 1.31. The quantitative estimate of drug-likeness (QED) is 0.924. The molecule has 1 amide bonds. The van der Waals surface area contributed by atoms with Crippen molar-refractivity contribution in [3.05, 3.63) is 35.9 Å². The molecule has 1 fully saturated rings. The lowest BCUT2D eigenvalue weighted by atomic mass is 9.91. The SMILES string of the molecule is Cc1noc([C@@H](NC(=O)c2ccoc2)C2CCOCC2)n1. The summed E-state index contributed by atoms with van der Waals surface area (Å²) in [5.41, 5.74) is 0.475. The summed E-state index contributed by atoms with van der Waals surface area (Å²) >= 11 is 0. The molecule has 7 nitrogen and oxygen atoms in total. The van der Waals surface area contributed by atoms with E-state index in [0.717, 1.165) is 12.8 Å². The summed E-state index contributed by atoms with van der Waals surface area (Å²) in [6.45, 7) is 3.11. The van der Waals surface area contributed by atoms with E-state index in [1.807, 2.05) is 0 Å². The molecule has 2 aromatic rings. The smallest absolute Gasteiger partial charge is 0.255 e. The molecule has 112 valence electrons. The van der Waals surface area contributed by atoms with Gasteiger partial charge in [-0.25, -0.2) is 0 Å². The number of aromatic nitrogens is 2. The van der Waals surface area contributed by atoms with E-state index in [1.165, 1.54) is 12.5 Å². The first-order chi connectivity index (χ1) is 10.2. The van der Waals surface area contributed by atoms with Crippen LogP contribution in [-0.4, -0.2) is 29.3 Å². The Hall–Kier alpha value is -2.15. The molecular weight excluding hydrogens is 274 g/mol. The Balaban J connectivity index is 1.79. The molecule has 3 rings (SSSR count). The van der Waals surface area contributed by atoms with Crippen molar-refractivity contribution in [2.45, 2.75) is 25.8 Å². The van der Waals surface area contributed by atoms with Crippen LogP contribution < -0.4 is 5.32 Å².